The molecule has 0 aromatic rings. The number of guanidine groups is 1. The Labute approximate surface area is 159 Å². The molecular weight excluding hydrogens is 399 g/mol. The molecule has 0 bridgehead atoms. The van der Waals surface area contributed by atoms with Crippen molar-refractivity contribution in [2.75, 3.05) is 26.2 Å². The normalized spacial score (nSPS) is 20.8. The molecule has 0 amide bonds. The summed E-state index contributed by atoms with van der Waals surface area (Å²) in [5.41, 5.74) is 0. The highest BCUT2D eigenvalue weighted by molar-refractivity contribution is 14.0. The smallest absolute Gasteiger partial charge is 0.191 e. The lowest BCUT2D eigenvalue weighted by Gasteiger charge is -2.28. The standard InChI is InChI=1S/C18H34N4.HI/c1-4-19-18(21-16-9-5-6-10-16)20-14-17(13-15(2)3)22-11-7-8-12-22;/h5-6,15-17H,4,7-14H2,1-3H3,(H2,19,20,21);1H. The first-order valence-corrected chi connectivity index (χ1v) is 9.13. The third-order valence-corrected chi connectivity index (χ3v) is 4.55. The first kappa shape index (κ1) is 20.7. The van der Waals surface area contributed by atoms with Crippen LogP contribution in [0.15, 0.2) is 17.1 Å². The Morgan fingerprint density at radius 1 is 1.22 bits per heavy atom. The summed E-state index contributed by atoms with van der Waals surface area (Å²) >= 11 is 0. The lowest BCUT2D eigenvalue weighted by atomic mass is 10.0. The number of aliphatic imine (C=N–C) groups is 1. The van der Waals surface area contributed by atoms with E-state index in [4.69, 9.17) is 4.99 Å². The molecule has 0 radical (unpaired) electrons. The zero-order valence-corrected chi connectivity index (χ0v) is 17.4. The second-order valence-corrected chi connectivity index (χ2v) is 7.03. The molecule has 2 aliphatic rings. The predicted molar refractivity (Wildman–Crippen MR) is 111 cm³/mol. The molecule has 2 N–H and O–H groups in total. The Kier molecular flexibility index (Phi) is 10.2. The fraction of sp³-hybridized carbons (Fsp3) is 0.833. The third kappa shape index (κ3) is 7.42. The second kappa shape index (κ2) is 11.3. The highest BCUT2D eigenvalue weighted by Crippen LogP contribution is 2.18. The van der Waals surface area contributed by atoms with Crippen LogP contribution in [0.1, 0.15) is 52.9 Å². The van der Waals surface area contributed by atoms with Gasteiger partial charge >= 0.3 is 0 Å². The maximum atomic E-state index is 4.90. The largest absolute Gasteiger partial charge is 0.357 e. The summed E-state index contributed by atoms with van der Waals surface area (Å²) in [6.07, 6.45) is 10.7. The van der Waals surface area contributed by atoms with Crippen LogP contribution in [0, 0.1) is 5.92 Å². The zero-order chi connectivity index (χ0) is 15.8. The van der Waals surface area contributed by atoms with E-state index in [2.05, 4.69) is 48.5 Å². The molecule has 0 aromatic heterocycles. The van der Waals surface area contributed by atoms with Gasteiger partial charge in [0.25, 0.3) is 0 Å². The van der Waals surface area contributed by atoms with E-state index in [0.717, 1.165) is 37.8 Å². The number of likely N-dealkylation sites (tertiary alicyclic amines) is 1. The minimum Gasteiger partial charge on any atom is -0.357 e. The molecule has 1 atom stereocenters. The third-order valence-electron chi connectivity index (χ3n) is 4.55. The van der Waals surface area contributed by atoms with Gasteiger partial charge in [-0.2, -0.15) is 0 Å². The molecule has 4 nitrogen and oxygen atoms in total. The Balaban J connectivity index is 0.00000264. The van der Waals surface area contributed by atoms with Gasteiger partial charge in [-0.3, -0.25) is 9.89 Å². The van der Waals surface area contributed by atoms with Crippen LogP contribution >= 0.6 is 24.0 Å². The molecule has 1 aliphatic carbocycles. The molecule has 134 valence electrons. The molecule has 1 heterocycles. The molecule has 1 aliphatic heterocycles. The quantitative estimate of drug-likeness (QED) is 0.279. The fourth-order valence-corrected chi connectivity index (χ4v) is 3.44. The summed E-state index contributed by atoms with van der Waals surface area (Å²) in [4.78, 5) is 7.54. The van der Waals surface area contributed by atoms with Gasteiger partial charge in [0.05, 0.1) is 6.54 Å². The number of hydrogen-bond acceptors (Lipinski definition) is 2. The van der Waals surface area contributed by atoms with Crippen molar-refractivity contribution in [2.24, 2.45) is 10.9 Å². The molecule has 1 unspecified atom stereocenters. The van der Waals surface area contributed by atoms with Gasteiger partial charge in [-0.1, -0.05) is 26.0 Å². The summed E-state index contributed by atoms with van der Waals surface area (Å²) < 4.78 is 0. The topological polar surface area (TPSA) is 39.7 Å². The van der Waals surface area contributed by atoms with E-state index in [9.17, 15) is 0 Å². The zero-order valence-electron chi connectivity index (χ0n) is 15.1. The molecule has 5 heteroatoms. The van der Waals surface area contributed by atoms with Crippen molar-refractivity contribution >= 4 is 29.9 Å². The van der Waals surface area contributed by atoms with Crippen LogP contribution in [0.3, 0.4) is 0 Å². The van der Waals surface area contributed by atoms with Gasteiger partial charge in [-0.05, 0) is 58.0 Å². The second-order valence-electron chi connectivity index (χ2n) is 7.03. The Morgan fingerprint density at radius 3 is 2.43 bits per heavy atom. The minimum absolute atomic E-state index is 0. The lowest BCUT2D eigenvalue weighted by Crippen LogP contribution is -2.44. The monoisotopic (exact) mass is 434 g/mol. The fourth-order valence-electron chi connectivity index (χ4n) is 3.44. The Morgan fingerprint density at radius 2 is 1.87 bits per heavy atom. The molecular formula is C18H35IN4. The summed E-state index contributed by atoms with van der Waals surface area (Å²) in [5, 5.41) is 6.98. The van der Waals surface area contributed by atoms with Crippen molar-refractivity contribution in [3.8, 4) is 0 Å². The molecule has 0 spiro atoms. The van der Waals surface area contributed by atoms with Gasteiger partial charge in [0.1, 0.15) is 0 Å². The minimum atomic E-state index is 0. The van der Waals surface area contributed by atoms with Gasteiger partial charge in [-0.15, -0.1) is 24.0 Å². The average Bonchev–Trinajstić information content (AvgIpc) is 3.16. The van der Waals surface area contributed by atoms with Crippen LogP contribution in [0.25, 0.3) is 0 Å². The van der Waals surface area contributed by atoms with Crippen molar-refractivity contribution in [3.63, 3.8) is 0 Å². The van der Waals surface area contributed by atoms with Gasteiger partial charge in [0, 0.05) is 18.6 Å². The molecule has 0 aromatic carbocycles. The van der Waals surface area contributed by atoms with E-state index in [1.165, 1.54) is 32.4 Å². The van der Waals surface area contributed by atoms with Crippen molar-refractivity contribution in [1.29, 1.82) is 0 Å². The summed E-state index contributed by atoms with van der Waals surface area (Å²) in [7, 11) is 0. The van der Waals surface area contributed by atoms with Crippen molar-refractivity contribution < 1.29 is 0 Å². The van der Waals surface area contributed by atoms with Gasteiger partial charge in [0.2, 0.25) is 0 Å². The van der Waals surface area contributed by atoms with Gasteiger partial charge in [0.15, 0.2) is 5.96 Å². The van der Waals surface area contributed by atoms with Crippen molar-refractivity contribution in [1.82, 2.24) is 15.5 Å². The SMILES string of the molecule is CCNC(=NCC(CC(C)C)N1CCCC1)NC1CC=CC1.I. The van der Waals surface area contributed by atoms with Crippen molar-refractivity contribution in [2.45, 2.75) is 65.0 Å². The maximum Gasteiger partial charge on any atom is 0.191 e. The van der Waals surface area contributed by atoms with E-state index in [1.807, 2.05) is 0 Å². The number of nitrogens with zero attached hydrogens (tertiary/aromatic N) is 2. The van der Waals surface area contributed by atoms with E-state index >= 15 is 0 Å². The predicted octanol–water partition coefficient (Wildman–Crippen LogP) is 3.39. The van der Waals surface area contributed by atoms with Crippen LogP contribution in [0.2, 0.25) is 0 Å². The van der Waals surface area contributed by atoms with Gasteiger partial charge in [-0.25, -0.2) is 0 Å². The van der Waals surface area contributed by atoms with E-state index in [-0.39, 0.29) is 24.0 Å². The lowest BCUT2D eigenvalue weighted by molar-refractivity contribution is 0.218. The number of rotatable bonds is 7. The molecule has 1 fully saturated rings. The first-order chi connectivity index (χ1) is 10.7. The number of nitrogens with one attached hydrogen (secondary N) is 2. The maximum absolute atomic E-state index is 4.90. The average molecular weight is 434 g/mol. The highest BCUT2D eigenvalue weighted by atomic mass is 127. The molecule has 1 saturated heterocycles. The van der Waals surface area contributed by atoms with Crippen molar-refractivity contribution in [3.05, 3.63) is 12.2 Å². The highest BCUT2D eigenvalue weighted by Gasteiger charge is 2.22. The van der Waals surface area contributed by atoms with Gasteiger partial charge < -0.3 is 10.6 Å². The molecule has 0 saturated carbocycles. The number of halogens is 1. The van der Waals surface area contributed by atoms with E-state index < -0.39 is 0 Å². The van der Waals surface area contributed by atoms with E-state index in [1.54, 1.807) is 0 Å². The Hall–Kier alpha value is -0.300. The van der Waals surface area contributed by atoms with Crippen LogP contribution in [-0.2, 0) is 0 Å². The van der Waals surface area contributed by atoms with Crippen LogP contribution < -0.4 is 10.6 Å². The Bertz CT molecular complexity index is 367. The first-order valence-electron chi connectivity index (χ1n) is 9.13. The summed E-state index contributed by atoms with van der Waals surface area (Å²) in [5.74, 6) is 1.72. The van der Waals surface area contributed by atoms with Crippen LogP contribution in [0.4, 0.5) is 0 Å². The summed E-state index contributed by atoms with van der Waals surface area (Å²) in [6, 6.07) is 1.12. The molecule has 2 rings (SSSR count). The number of hydrogen-bond donors (Lipinski definition) is 2. The van der Waals surface area contributed by atoms with Crippen LogP contribution in [0.5, 0.6) is 0 Å². The van der Waals surface area contributed by atoms with E-state index in [0.29, 0.717) is 12.1 Å². The van der Waals surface area contributed by atoms with Crippen LogP contribution in [-0.4, -0.2) is 49.1 Å². The molecule has 23 heavy (non-hydrogen) atoms. The summed E-state index contributed by atoms with van der Waals surface area (Å²) in [6.45, 7) is 11.1.